The molecular weight excluding hydrogens is 356 g/mol. The molecule has 2 heterocycles. The monoisotopic (exact) mass is 372 g/mol. The van der Waals surface area contributed by atoms with Crippen LogP contribution in [0.5, 0.6) is 5.75 Å². The molecule has 2 unspecified atom stereocenters. The lowest BCUT2D eigenvalue weighted by Gasteiger charge is -2.19. The third-order valence-corrected chi connectivity index (χ3v) is 4.62. The van der Waals surface area contributed by atoms with E-state index in [1.165, 1.54) is 0 Å². The molecule has 2 amide bonds. The summed E-state index contributed by atoms with van der Waals surface area (Å²) in [4.78, 5) is 23.9. The van der Waals surface area contributed by atoms with Crippen molar-refractivity contribution in [2.45, 2.75) is 18.5 Å². The number of fused-ring (bicyclic) bond motifs is 1. The zero-order chi connectivity index (χ0) is 18.1. The summed E-state index contributed by atoms with van der Waals surface area (Å²) in [5.41, 5.74) is 8.36. The highest BCUT2D eigenvalue weighted by molar-refractivity contribution is 6.30. The number of nitrogens with one attached hydrogen (secondary N) is 4. The Bertz CT molecular complexity index is 856. The molecule has 134 valence electrons. The number of ether oxygens (including phenoxy) is 1. The van der Waals surface area contributed by atoms with Crippen molar-refractivity contribution in [2.24, 2.45) is 0 Å². The summed E-state index contributed by atoms with van der Waals surface area (Å²) in [6, 6.07) is 12.3. The fourth-order valence-corrected chi connectivity index (χ4v) is 3.16. The van der Waals surface area contributed by atoms with E-state index in [2.05, 4.69) is 21.5 Å². The van der Waals surface area contributed by atoms with Crippen molar-refractivity contribution in [3.05, 3.63) is 53.1 Å². The van der Waals surface area contributed by atoms with E-state index in [0.717, 1.165) is 5.56 Å². The molecular formula is C18H17ClN4O3. The molecule has 4 N–H and O–H groups in total. The molecule has 4 rings (SSSR count). The van der Waals surface area contributed by atoms with Crippen LogP contribution in [0.15, 0.2) is 42.5 Å². The third-order valence-electron chi connectivity index (χ3n) is 4.37. The first kappa shape index (κ1) is 16.8. The molecule has 2 aliphatic heterocycles. The van der Waals surface area contributed by atoms with E-state index in [0.29, 0.717) is 28.6 Å². The molecule has 2 atom stereocenters. The van der Waals surface area contributed by atoms with Gasteiger partial charge in [-0.25, -0.2) is 10.9 Å². The molecule has 0 aliphatic carbocycles. The number of anilines is 2. The standard InChI is InChI=1S/C18H17ClN4O3/c19-11-3-1-10(2-4-11)13-8-15(23-22-13)18(25)20-12-5-6-16-14(7-12)21-17(24)9-26-16/h1-7,13,15,22-23H,8-9H2,(H,20,25)(H,21,24). The van der Waals surface area contributed by atoms with Gasteiger partial charge in [-0.2, -0.15) is 0 Å². The fraction of sp³-hybridized carbons (Fsp3) is 0.222. The normalized spacial score (nSPS) is 21.5. The summed E-state index contributed by atoms with van der Waals surface area (Å²) in [6.45, 7) is 0.00244. The first-order chi connectivity index (χ1) is 12.6. The van der Waals surface area contributed by atoms with Crippen LogP contribution in [-0.4, -0.2) is 24.5 Å². The second kappa shape index (κ2) is 6.95. The van der Waals surface area contributed by atoms with Crippen LogP contribution < -0.4 is 26.2 Å². The van der Waals surface area contributed by atoms with E-state index in [1.54, 1.807) is 18.2 Å². The Morgan fingerprint density at radius 1 is 1.15 bits per heavy atom. The number of carbonyl (C=O) groups is 2. The highest BCUT2D eigenvalue weighted by atomic mass is 35.5. The van der Waals surface area contributed by atoms with E-state index in [1.807, 2.05) is 24.3 Å². The number of hydrogen-bond acceptors (Lipinski definition) is 5. The van der Waals surface area contributed by atoms with Gasteiger partial charge in [0.15, 0.2) is 6.61 Å². The van der Waals surface area contributed by atoms with Crippen LogP contribution in [0.3, 0.4) is 0 Å². The zero-order valence-corrected chi connectivity index (χ0v) is 14.5. The van der Waals surface area contributed by atoms with Gasteiger partial charge >= 0.3 is 0 Å². The first-order valence-electron chi connectivity index (χ1n) is 8.22. The molecule has 2 aromatic carbocycles. The van der Waals surface area contributed by atoms with Gasteiger partial charge in [0, 0.05) is 16.8 Å². The second-order valence-electron chi connectivity index (χ2n) is 6.22. The summed E-state index contributed by atoms with van der Waals surface area (Å²) < 4.78 is 5.31. The molecule has 26 heavy (non-hydrogen) atoms. The quantitative estimate of drug-likeness (QED) is 0.663. The van der Waals surface area contributed by atoms with Gasteiger partial charge in [0.1, 0.15) is 11.8 Å². The van der Waals surface area contributed by atoms with E-state index >= 15 is 0 Å². The molecule has 0 spiro atoms. The highest BCUT2D eigenvalue weighted by Gasteiger charge is 2.30. The van der Waals surface area contributed by atoms with E-state index < -0.39 is 0 Å². The van der Waals surface area contributed by atoms with Crippen molar-refractivity contribution in [3.8, 4) is 5.75 Å². The number of carbonyl (C=O) groups excluding carboxylic acids is 2. The van der Waals surface area contributed by atoms with Crippen LogP contribution in [0.2, 0.25) is 5.02 Å². The van der Waals surface area contributed by atoms with Crippen molar-refractivity contribution in [2.75, 3.05) is 17.2 Å². The van der Waals surface area contributed by atoms with Crippen molar-refractivity contribution < 1.29 is 14.3 Å². The molecule has 8 heteroatoms. The molecule has 0 bridgehead atoms. The Hall–Kier alpha value is -2.61. The topological polar surface area (TPSA) is 91.5 Å². The Morgan fingerprint density at radius 2 is 1.96 bits per heavy atom. The molecule has 0 aromatic heterocycles. The Labute approximate surface area is 155 Å². The molecule has 1 fully saturated rings. The Balaban J connectivity index is 1.40. The summed E-state index contributed by atoms with van der Waals surface area (Å²) in [6.07, 6.45) is 0.609. The van der Waals surface area contributed by atoms with Crippen molar-refractivity contribution in [3.63, 3.8) is 0 Å². The van der Waals surface area contributed by atoms with Crippen molar-refractivity contribution >= 4 is 34.8 Å². The SMILES string of the molecule is O=C1COc2ccc(NC(=O)C3CC(c4ccc(Cl)cc4)NN3)cc2N1. The molecule has 1 saturated heterocycles. The maximum Gasteiger partial charge on any atom is 0.262 e. The van der Waals surface area contributed by atoms with Crippen LogP contribution >= 0.6 is 11.6 Å². The second-order valence-corrected chi connectivity index (χ2v) is 6.65. The summed E-state index contributed by atoms with van der Waals surface area (Å²) >= 11 is 5.91. The van der Waals surface area contributed by atoms with E-state index in [9.17, 15) is 9.59 Å². The average Bonchev–Trinajstić information content (AvgIpc) is 3.12. The predicted molar refractivity (Wildman–Crippen MR) is 98.1 cm³/mol. The van der Waals surface area contributed by atoms with Crippen LogP contribution in [-0.2, 0) is 9.59 Å². The smallest absolute Gasteiger partial charge is 0.262 e. The summed E-state index contributed by atoms with van der Waals surface area (Å²) in [5.74, 6) is 0.219. The molecule has 7 nitrogen and oxygen atoms in total. The van der Waals surface area contributed by atoms with Gasteiger partial charge in [-0.3, -0.25) is 9.59 Å². The van der Waals surface area contributed by atoms with E-state index in [-0.39, 0.29) is 30.5 Å². The summed E-state index contributed by atoms with van der Waals surface area (Å²) in [7, 11) is 0. The third kappa shape index (κ3) is 3.50. The number of benzene rings is 2. The van der Waals surface area contributed by atoms with Gasteiger partial charge in [0.25, 0.3) is 5.91 Å². The molecule has 0 radical (unpaired) electrons. The molecule has 0 saturated carbocycles. The van der Waals surface area contributed by atoms with Gasteiger partial charge in [-0.1, -0.05) is 23.7 Å². The number of hydrazine groups is 1. The Morgan fingerprint density at radius 3 is 2.77 bits per heavy atom. The number of halogens is 1. The zero-order valence-electron chi connectivity index (χ0n) is 13.7. The minimum atomic E-state index is -0.377. The van der Waals surface area contributed by atoms with Gasteiger partial charge in [0.2, 0.25) is 5.91 Å². The van der Waals surface area contributed by atoms with Crippen molar-refractivity contribution in [1.29, 1.82) is 0 Å². The maximum absolute atomic E-state index is 12.5. The van der Waals surface area contributed by atoms with Crippen LogP contribution in [0.25, 0.3) is 0 Å². The first-order valence-corrected chi connectivity index (χ1v) is 8.60. The van der Waals surface area contributed by atoms with E-state index in [4.69, 9.17) is 16.3 Å². The minimum Gasteiger partial charge on any atom is -0.482 e. The van der Waals surface area contributed by atoms with Gasteiger partial charge < -0.3 is 15.4 Å². The van der Waals surface area contributed by atoms with Crippen LogP contribution in [0.4, 0.5) is 11.4 Å². The largest absolute Gasteiger partial charge is 0.482 e. The predicted octanol–water partition coefficient (Wildman–Crippen LogP) is 2.22. The minimum absolute atomic E-state index is 0.00244. The number of amides is 2. The van der Waals surface area contributed by atoms with Crippen molar-refractivity contribution in [1.82, 2.24) is 10.9 Å². The highest BCUT2D eigenvalue weighted by Crippen LogP contribution is 2.31. The summed E-state index contributed by atoms with van der Waals surface area (Å²) in [5, 5.41) is 6.26. The molecule has 2 aromatic rings. The molecule has 2 aliphatic rings. The van der Waals surface area contributed by atoms with Crippen LogP contribution in [0.1, 0.15) is 18.0 Å². The lowest BCUT2D eigenvalue weighted by Crippen LogP contribution is -2.39. The Kier molecular flexibility index (Phi) is 4.50. The van der Waals surface area contributed by atoms with Gasteiger partial charge in [-0.05, 0) is 42.3 Å². The number of hydrogen-bond donors (Lipinski definition) is 4. The maximum atomic E-state index is 12.5. The lowest BCUT2D eigenvalue weighted by molar-refractivity contribution is -0.119. The average molecular weight is 373 g/mol. The van der Waals surface area contributed by atoms with Crippen LogP contribution in [0, 0.1) is 0 Å². The number of rotatable bonds is 3. The van der Waals surface area contributed by atoms with Gasteiger partial charge in [0.05, 0.1) is 5.69 Å². The fourth-order valence-electron chi connectivity index (χ4n) is 3.03. The lowest BCUT2D eigenvalue weighted by atomic mass is 10.0. The van der Waals surface area contributed by atoms with Gasteiger partial charge in [-0.15, -0.1) is 0 Å².